The Balaban J connectivity index is 1.51. The Morgan fingerprint density at radius 2 is 1.67 bits per heavy atom. The van der Waals surface area contributed by atoms with E-state index in [0.29, 0.717) is 0 Å². The van der Waals surface area contributed by atoms with Crippen molar-refractivity contribution in [3.63, 3.8) is 0 Å². The average Bonchev–Trinajstić information content (AvgIpc) is 3.23. The van der Waals surface area contributed by atoms with Gasteiger partial charge in [0.2, 0.25) is 10.0 Å². The zero-order chi connectivity index (χ0) is 16.6. The van der Waals surface area contributed by atoms with Gasteiger partial charge in [-0.05, 0) is 47.6 Å². The Morgan fingerprint density at radius 3 is 2.25 bits per heavy atom. The molecule has 1 heterocycles. The largest absolute Gasteiger partial charge is 0.240 e. The van der Waals surface area contributed by atoms with E-state index in [9.17, 15) is 8.42 Å². The second kappa shape index (κ2) is 6.08. The van der Waals surface area contributed by atoms with Gasteiger partial charge in [0.1, 0.15) is 5.69 Å². The molecule has 0 bridgehead atoms. The van der Waals surface area contributed by atoms with Crippen LogP contribution in [0.15, 0.2) is 58.8 Å². The van der Waals surface area contributed by atoms with E-state index < -0.39 is 10.0 Å². The van der Waals surface area contributed by atoms with E-state index in [1.807, 2.05) is 17.5 Å². The first-order chi connectivity index (χ1) is 11.6. The number of nitrogens with one attached hydrogen (secondary N) is 1. The summed E-state index contributed by atoms with van der Waals surface area (Å²) in [5, 5.41) is 5.82. The molecule has 0 fully saturated rings. The molecule has 4 rings (SSSR count). The van der Waals surface area contributed by atoms with Crippen LogP contribution in [0.1, 0.15) is 11.1 Å². The van der Waals surface area contributed by atoms with Gasteiger partial charge in [0.15, 0.2) is 0 Å². The third-order valence-corrected chi connectivity index (χ3v) is 6.23. The van der Waals surface area contributed by atoms with Crippen LogP contribution in [0.3, 0.4) is 0 Å². The van der Waals surface area contributed by atoms with Crippen LogP contribution >= 0.6 is 11.5 Å². The summed E-state index contributed by atoms with van der Waals surface area (Å²) in [4.78, 5) is 0.269. The van der Waals surface area contributed by atoms with Crippen molar-refractivity contribution < 1.29 is 8.42 Å². The molecule has 0 unspecified atom stereocenters. The molecule has 0 spiro atoms. The van der Waals surface area contributed by atoms with Crippen LogP contribution < -0.4 is 4.72 Å². The lowest BCUT2D eigenvalue weighted by Crippen LogP contribution is -2.35. The highest BCUT2D eigenvalue weighted by atomic mass is 32.2. The smallest absolute Gasteiger partial charge is 0.207 e. The van der Waals surface area contributed by atoms with Crippen LogP contribution in [0.4, 0.5) is 0 Å². The van der Waals surface area contributed by atoms with E-state index in [0.717, 1.165) is 24.1 Å². The molecule has 7 heteroatoms. The molecule has 0 saturated heterocycles. The van der Waals surface area contributed by atoms with E-state index in [1.54, 1.807) is 24.3 Å². The van der Waals surface area contributed by atoms with Gasteiger partial charge in [-0.1, -0.05) is 40.9 Å². The maximum atomic E-state index is 12.6. The number of sulfonamides is 1. The normalized spacial score (nSPS) is 14.7. The minimum absolute atomic E-state index is 0.0881. The molecule has 1 aliphatic carbocycles. The zero-order valence-electron chi connectivity index (χ0n) is 12.7. The molecule has 5 nitrogen and oxygen atoms in total. The number of hydrogen-bond acceptors (Lipinski definition) is 5. The third-order valence-electron chi connectivity index (χ3n) is 4.19. The first-order valence-electron chi connectivity index (χ1n) is 7.58. The van der Waals surface area contributed by atoms with Gasteiger partial charge in [0.25, 0.3) is 0 Å². The monoisotopic (exact) mass is 357 g/mol. The van der Waals surface area contributed by atoms with Crippen LogP contribution in [-0.4, -0.2) is 24.0 Å². The quantitative estimate of drug-likeness (QED) is 0.779. The summed E-state index contributed by atoms with van der Waals surface area (Å²) in [5.41, 5.74) is 4.05. The number of nitrogens with zero attached hydrogens (tertiary/aromatic N) is 2. The fourth-order valence-electron chi connectivity index (χ4n) is 3.02. The second-order valence-electron chi connectivity index (χ2n) is 5.81. The molecule has 2 aromatic carbocycles. The van der Waals surface area contributed by atoms with Gasteiger partial charge in [-0.3, -0.25) is 0 Å². The highest BCUT2D eigenvalue weighted by molar-refractivity contribution is 7.89. The lowest BCUT2D eigenvalue weighted by molar-refractivity contribution is 0.555. The standard InChI is InChI=1S/C17H15N3O2S2/c21-24(22,19-15-9-13-3-1-2-4-14(13)10-15)16-7-5-12(6-8-16)17-11-23-20-18-17/h1-8,11,15,19H,9-10H2. The third kappa shape index (κ3) is 2.98. The zero-order valence-corrected chi connectivity index (χ0v) is 14.3. The second-order valence-corrected chi connectivity index (χ2v) is 8.13. The summed E-state index contributed by atoms with van der Waals surface area (Å²) in [6.07, 6.45) is 1.47. The molecule has 0 amide bonds. The maximum absolute atomic E-state index is 12.6. The van der Waals surface area contributed by atoms with Crippen molar-refractivity contribution in [3.8, 4) is 11.3 Å². The summed E-state index contributed by atoms with van der Waals surface area (Å²) >= 11 is 1.27. The molecule has 0 radical (unpaired) electrons. The lowest BCUT2D eigenvalue weighted by Gasteiger charge is -2.13. The molecule has 3 aromatic rings. The summed E-state index contributed by atoms with van der Waals surface area (Å²) in [5.74, 6) is 0. The highest BCUT2D eigenvalue weighted by Gasteiger charge is 2.26. The Hall–Kier alpha value is -2.09. The summed E-state index contributed by atoms with van der Waals surface area (Å²) < 4.78 is 31.8. The molecule has 0 aliphatic heterocycles. The van der Waals surface area contributed by atoms with E-state index >= 15 is 0 Å². The fourth-order valence-corrected chi connectivity index (χ4v) is 4.73. The van der Waals surface area contributed by atoms with Gasteiger partial charge in [-0.2, -0.15) is 0 Å². The minimum atomic E-state index is -3.53. The van der Waals surface area contributed by atoms with Crippen molar-refractivity contribution in [2.24, 2.45) is 0 Å². The summed E-state index contributed by atoms with van der Waals surface area (Å²) in [6.45, 7) is 0. The fraction of sp³-hybridized carbons (Fsp3) is 0.176. The van der Waals surface area contributed by atoms with Crippen LogP contribution in [0.25, 0.3) is 11.3 Å². The van der Waals surface area contributed by atoms with Crippen molar-refractivity contribution in [1.82, 2.24) is 14.3 Å². The Kier molecular flexibility index (Phi) is 3.91. The molecular weight excluding hydrogens is 342 g/mol. The van der Waals surface area contributed by atoms with Crippen molar-refractivity contribution in [3.05, 3.63) is 65.0 Å². The summed E-state index contributed by atoms with van der Waals surface area (Å²) in [7, 11) is -3.53. The number of benzene rings is 2. The Bertz CT molecular complexity index is 927. The van der Waals surface area contributed by atoms with E-state index in [1.165, 1.54) is 22.7 Å². The highest BCUT2D eigenvalue weighted by Crippen LogP contribution is 2.24. The molecule has 1 aromatic heterocycles. The van der Waals surface area contributed by atoms with Crippen LogP contribution in [0.2, 0.25) is 0 Å². The molecule has 1 N–H and O–H groups in total. The van der Waals surface area contributed by atoms with Crippen molar-refractivity contribution in [1.29, 1.82) is 0 Å². The van der Waals surface area contributed by atoms with Crippen LogP contribution in [-0.2, 0) is 22.9 Å². The van der Waals surface area contributed by atoms with E-state index in [2.05, 4.69) is 26.4 Å². The van der Waals surface area contributed by atoms with Crippen molar-refractivity contribution in [2.75, 3.05) is 0 Å². The number of rotatable bonds is 4. The molecule has 1 aliphatic rings. The van der Waals surface area contributed by atoms with Gasteiger partial charge < -0.3 is 0 Å². The SMILES string of the molecule is O=S(=O)(NC1Cc2ccccc2C1)c1ccc(-c2csnn2)cc1. The molecular formula is C17H15N3O2S2. The van der Waals surface area contributed by atoms with Crippen molar-refractivity contribution in [2.45, 2.75) is 23.8 Å². The van der Waals surface area contributed by atoms with Gasteiger partial charge >= 0.3 is 0 Å². The lowest BCUT2D eigenvalue weighted by atomic mass is 10.1. The number of aromatic nitrogens is 2. The predicted molar refractivity (Wildman–Crippen MR) is 93.3 cm³/mol. The molecule has 0 atom stereocenters. The number of hydrogen-bond donors (Lipinski definition) is 1. The topological polar surface area (TPSA) is 72.0 Å². The Labute approximate surface area is 144 Å². The first-order valence-corrected chi connectivity index (χ1v) is 9.90. The van der Waals surface area contributed by atoms with Crippen LogP contribution in [0.5, 0.6) is 0 Å². The molecule has 0 saturated carbocycles. The average molecular weight is 357 g/mol. The molecule has 24 heavy (non-hydrogen) atoms. The van der Waals surface area contributed by atoms with Gasteiger partial charge in [-0.25, -0.2) is 13.1 Å². The Morgan fingerprint density at radius 1 is 1.00 bits per heavy atom. The van der Waals surface area contributed by atoms with E-state index in [4.69, 9.17) is 0 Å². The van der Waals surface area contributed by atoms with E-state index in [-0.39, 0.29) is 10.9 Å². The molecule has 122 valence electrons. The first kappa shape index (κ1) is 15.4. The minimum Gasteiger partial charge on any atom is -0.207 e. The maximum Gasteiger partial charge on any atom is 0.240 e. The van der Waals surface area contributed by atoms with Gasteiger partial charge in [-0.15, -0.1) is 5.10 Å². The van der Waals surface area contributed by atoms with Gasteiger partial charge in [0, 0.05) is 17.0 Å². The van der Waals surface area contributed by atoms with Gasteiger partial charge in [0.05, 0.1) is 4.90 Å². The van der Waals surface area contributed by atoms with Crippen molar-refractivity contribution >= 4 is 21.6 Å². The summed E-state index contributed by atoms with van der Waals surface area (Å²) in [6, 6.07) is 14.7. The van der Waals surface area contributed by atoms with Crippen LogP contribution in [0, 0.1) is 0 Å². The predicted octanol–water partition coefficient (Wildman–Crippen LogP) is 2.65. The number of fused-ring (bicyclic) bond motifs is 1.